The number of aromatic nitrogens is 2. The average molecular weight is 513 g/mol. The van der Waals surface area contributed by atoms with Gasteiger partial charge in [0.2, 0.25) is 0 Å². The second kappa shape index (κ2) is 9.33. The third-order valence-corrected chi connectivity index (χ3v) is 7.40. The van der Waals surface area contributed by atoms with Crippen LogP contribution in [0.1, 0.15) is 6.23 Å². The standard InChI is InChI=1S/C10H18N3O15P3/c1-24-4-2-13(10(16)12-8(4)11)9-7(15)6(14)5(26-9)3-25-30(20,21)28-31(22,23)27-29(17,18)19/h2,5-7,9,14-15H,3H2,1H3,(H,20,21)(H,22,23)(H2,11,12,16)(H2,17,18,19)/t5-,6?,7?,9-/m1/s1. The van der Waals surface area contributed by atoms with E-state index in [0.29, 0.717) is 4.57 Å². The number of hydrogen-bond acceptors (Lipinski definition) is 13. The Kier molecular flexibility index (Phi) is 7.83. The smallest absolute Gasteiger partial charge is 0.490 e. The molecule has 0 aliphatic carbocycles. The maximum atomic E-state index is 12.0. The number of rotatable bonds is 9. The van der Waals surface area contributed by atoms with Crippen molar-refractivity contribution in [1.29, 1.82) is 0 Å². The van der Waals surface area contributed by atoms with Crippen LogP contribution in [0.4, 0.5) is 5.82 Å². The molecule has 1 saturated heterocycles. The highest BCUT2D eigenvalue weighted by Crippen LogP contribution is 2.66. The van der Waals surface area contributed by atoms with Gasteiger partial charge in [-0.25, -0.2) is 18.5 Å². The Bertz CT molecular complexity index is 1010. The van der Waals surface area contributed by atoms with Gasteiger partial charge in [0, 0.05) is 0 Å². The van der Waals surface area contributed by atoms with Crippen molar-refractivity contribution in [2.75, 3.05) is 19.5 Å². The monoisotopic (exact) mass is 513 g/mol. The molecule has 0 amide bonds. The van der Waals surface area contributed by atoms with Crippen molar-refractivity contribution in [3.63, 3.8) is 0 Å². The summed E-state index contributed by atoms with van der Waals surface area (Å²) in [7, 11) is -15.6. The van der Waals surface area contributed by atoms with Gasteiger partial charge in [0.05, 0.1) is 19.9 Å². The topological polar surface area (TPSA) is 280 Å². The molecule has 0 radical (unpaired) electrons. The number of nitrogens with zero attached hydrogens (tertiary/aromatic N) is 2. The van der Waals surface area contributed by atoms with E-state index in [-0.39, 0.29) is 11.6 Å². The number of nitrogens with two attached hydrogens (primary N) is 1. The number of phosphoric ester groups is 1. The van der Waals surface area contributed by atoms with Crippen LogP contribution < -0.4 is 16.2 Å². The minimum absolute atomic E-state index is 0.0680. The number of aliphatic hydroxyl groups excluding tert-OH is 2. The molecule has 21 heteroatoms. The first-order valence-electron chi connectivity index (χ1n) is 7.78. The molecular weight excluding hydrogens is 495 g/mol. The average Bonchev–Trinajstić information content (AvgIpc) is 2.85. The quantitative estimate of drug-likeness (QED) is 0.172. The van der Waals surface area contributed by atoms with Gasteiger partial charge in [-0.15, -0.1) is 0 Å². The van der Waals surface area contributed by atoms with Crippen LogP contribution in [0.15, 0.2) is 11.0 Å². The van der Waals surface area contributed by atoms with Gasteiger partial charge in [-0.05, 0) is 0 Å². The molecule has 1 aromatic heterocycles. The lowest BCUT2D eigenvalue weighted by atomic mass is 10.1. The van der Waals surface area contributed by atoms with Crippen molar-refractivity contribution in [2.24, 2.45) is 0 Å². The molecule has 2 rings (SSSR count). The third-order valence-electron chi connectivity index (χ3n) is 3.59. The van der Waals surface area contributed by atoms with Crippen LogP contribution in [0.2, 0.25) is 0 Å². The zero-order valence-electron chi connectivity index (χ0n) is 15.3. The van der Waals surface area contributed by atoms with E-state index in [9.17, 15) is 33.6 Å². The van der Waals surface area contributed by atoms with Crippen LogP contribution in [0.5, 0.6) is 5.75 Å². The fourth-order valence-corrected chi connectivity index (χ4v) is 5.40. The number of anilines is 1. The summed E-state index contributed by atoms with van der Waals surface area (Å²) >= 11 is 0. The van der Waals surface area contributed by atoms with E-state index < -0.39 is 60.3 Å². The molecule has 0 bridgehead atoms. The van der Waals surface area contributed by atoms with Crippen molar-refractivity contribution in [3.8, 4) is 5.75 Å². The second-order valence-corrected chi connectivity index (χ2v) is 10.2. The summed E-state index contributed by atoms with van der Waals surface area (Å²) in [5.74, 6) is -0.331. The van der Waals surface area contributed by atoms with E-state index in [4.69, 9.17) is 29.9 Å². The summed E-state index contributed by atoms with van der Waals surface area (Å²) in [5, 5.41) is 20.2. The van der Waals surface area contributed by atoms with Crippen molar-refractivity contribution < 1.29 is 66.1 Å². The zero-order chi connectivity index (χ0) is 23.8. The number of methoxy groups -OCH3 is 1. The number of ether oxygens (including phenoxy) is 2. The molecule has 8 N–H and O–H groups in total. The van der Waals surface area contributed by atoms with Gasteiger partial charge in [0.15, 0.2) is 17.8 Å². The fraction of sp³-hybridized carbons (Fsp3) is 0.600. The van der Waals surface area contributed by atoms with E-state index in [1.54, 1.807) is 0 Å². The molecule has 0 spiro atoms. The van der Waals surface area contributed by atoms with E-state index in [2.05, 4.69) is 18.1 Å². The molecule has 1 aromatic rings. The van der Waals surface area contributed by atoms with E-state index in [1.165, 1.54) is 7.11 Å². The van der Waals surface area contributed by atoms with Crippen molar-refractivity contribution in [2.45, 2.75) is 24.5 Å². The second-order valence-electron chi connectivity index (χ2n) is 5.82. The molecular formula is C10H18N3O15P3. The summed E-state index contributed by atoms with van der Waals surface area (Å²) in [5.41, 5.74) is 4.48. The van der Waals surface area contributed by atoms with Crippen LogP contribution in [0, 0.1) is 0 Å². The number of aliphatic hydroxyl groups is 2. The molecule has 1 aliphatic heterocycles. The zero-order valence-corrected chi connectivity index (χ0v) is 17.9. The highest BCUT2D eigenvalue weighted by molar-refractivity contribution is 7.66. The molecule has 18 nitrogen and oxygen atoms in total. The summed E-state index contributed by atoms with van der Waals surface area (Å²) in [6.45, 7) is -1.05. The summed E-state index contributed by atoms with van der Waals surface area (Å²) in [6, 6.07) is 0. The lowest BCUT2D eigenvalue weighted by molar-refractivity contribution is -0.0543. The highest BCUT2D eigenvalue weighted by atomic mass is 31.3. The predicted molar refractivity (Wildman–Crippen MR) is 95.2 cm³/mol. The normalized spacial score (nSPS) is 28.1. The van der Waals surface area contributed by atoms with Gasteiger partial charge in [-0.2, -0.15) is 13.6 Å². The third kappa shape index (κ3) is 6.87. The molecule has 0 aromatic carbocycles. The summed E-state index contributed by atoms with van der Waals surface area (Å²) in [6.07, 6.45) is -5.70. The Labute approximate surface area is 172 Å². The van der Waals surface area contributed by atoms with E-state index >= 15 is 0 Å². The molecule has 0 saturated carbocycles. The van der Waals surface area contributed by atoms with Gasteiger partial charge >= 0.3 is 29.2 Å². The Morgan fingerprint density at radius 3 is 2.29 bits per heavy atom. The molecule has 1 aliphatic rings. The molecule has 4 unspecified atom stereocenters. The van der Waals surface area contributed by atoms with Crippen LogP contribution in [-0.2, 0) is 31.6 Å². The Balaban J connectivity index is 2.11. The lowest BCUT2D eigenvalue weighted by Gasteiger charge is -2.19. The molecule has 6 atom stereocenters. The molecule has 178 valence electrons. The van der Waals surface area contributed by atoms with Gasteiger partial charge in [-0.1, -0.05) is 0 Å². The van der Waals surface area contributed by atoms with Gasteiger partial charge in [-0.3, -0.25) is 9.09 Å². The molecule has 1 fully saturated rings. The summed E-state index contributed by atoms with van der Waals surface area (Å²) in [4.78, 5) is 50.9. The lowest BCUT2D eigenvalue weighted by Crippen LogP contribution is -2.36. The van der Waals surface area contributed by atoms with Crippen molar-refractivity contribution in [1.82, 2.24) is 9.55 Å². The van der Waals surface area contributed by atoms with Crippen molar-refractivity contribution in [3.05, 3.63) is 16.7 Å². The first-order valence-corrected chi connectivity index (χ1v) is 12.3. The Morgan fingerprint density at radius 2 is 1.74 bits per heavy atom. The minimum atomic E-state index is -5.74. The fourth-order valence-electron chi connectivity index (χ4n) is 2.37. The van der Waals surface area contributed by atoms with Gasteiger partial charge in [0.1, 0.15) is 18.3 Å². The Hall–Kier alpha value is -1.23. The van der Waals surface area contributed by atoms with Gasteiger partial charge < -0.3 is 45.0 Å². The van der Waals surface area contributed by atoms with Crippen LogP contribution in [0.25, 0.3) is 0 Å². The molecule has 2 heterocycles. The van der Waals surface area contributed by atoms with Crippen LogP contribution >= 0.6 is 23.5 Å². The molecule has 31 heavy (non-hydrogen) atoms. The number of nitrogen functional groups attached to an aromatic ring is 1. The first kappa shape index (κ1) is 26.0. The SMILES string of the molecule is COc1cn([C@@H]2O[C@H](COP(=O)(O)OP(=O)(O)OP(=O)(O)O)C(O)C2O)c(=O)nc1N. The van der Waals surface area contributed by atoms with Crippen molar-refractivity contribution >= 4 is 29.3 Å². The Morgan fingerprint density at radius 1 is 1.13 bits per heavy atom. The van der Waals surface area contributed by atoms with Gasteiger partial charge in [0.25, 0.3) is 0 Å². The first-order chi connectivity index (χ1) is 14.1. The predicted octanol–water partition coefficient (Wildman–Crippen LogP) is -2.20. The maximum Gasteiger partial charge on any atom is 0.490 e. The largest absolute Gasteiger partial charge is 0.491 e. The van der Waals surface area contributed by atoms with E-state index in [1.807, 2.05) is 0 Å². The van der Waals surface area contributed by atoms with Crippen LogP contribution in [-0.4, -0.2) is 71.4 Å². The minimum Gasteiger partial charge on any atom is -0.491 e. The van der Waals surface area contributed by atoms with Crippen LogP contribution in [0.3, 0.4) is 0 Å². The number of hydrogen-bond donors (Lipinski definition) is 7. The van der Waals surface area contributed by atoms with E-state index in [0.717, 1.165) is 6.20 Å². The number of phosphoric acid groups is 3. The maximum absolute atomic E-state index is 12.0. The highest BCUT2D eigenvalue weighted by Gasteiger charge is 2.47. The summed E-state index contributed by atoms with van der Waals surface area (Å²) < 4.78 is 55.8.